The number of rotatable bonds is 8. The predicted octanol–water partition coefficient (Wildman–Crippen LogP) is 4.35. The summed E-state index contributed by atoms with van der Waals surface area (Å²) in [6.07, 6.45) is 2.25. The Morgan fingerprint density at radius 1 is 0.879 bits per heavy atom. The van der Waals surface area contributed by atoms with Crippen LogP contribution >= 0.6 is 0 Å². The van der Waals surface area contributed by atoms with Crippen molar-refractivity contribution in [2.45, 2.75) is 44.4 Å². The van der Waals surface area contributed by atoms with E-state index in [1.807, 2.05) is 48.5 Å². The highest BCUT2D eigenvalue weighted by Crippen LogP contribution is 2.22. The number of likely N-dealkylation sites (tertiary alicyclic amines) is 1. The summed E-state index contributed by atoms with van der Waals surface area (Å²) < 4.78 is 5.48. The number of amides is 1. The highest BCUT2D eigenvalue weighted by Gasteiger charge is 2.35. The van der Waals surface area contributed by atoms with Gasteiger partial charge in [-0.25, -0.2) is 4.79 Å². The van der Waals surface area contributed by atoms with Gasteiger partial charge in [0.15, 0.2) is 0 Å². The molecule has 1 heterocycles. The topological polar surface area (TPSA) is 72.6 Å². The maximum absolute atomic E-state index is 12.9. The van der Waals surface area contributed by atoms with Gasteiger partial charge >= 0.3 is 5.97 Å². The van der Waals surface area contributed by atoms with E-state index in [2.05, 4.69) is 36.4 Å². The van der Waals surface area contributed by atoms with Crippen molar-refractivity contribution in [1.82, 2.24) is 4.90 Å². The first-order valence-corrected chi connectivity index (χ1v) is 11.5. The van der Waals surface area contributed by atoms with Gasteiger partial charge in [0, 0.05) is 19.0 Å². The second kappa shape index (κ2) is 10.9. The van der Waals surface area contributed by atoms with Gasteiger partial charge in [0.2, 0.25) is 5.91 Å². The summed E-state index contributed by atoms with van der Waals surface area (Å²) in [5.74, 6) is -0.419. The minimum absolute atomic E-state index is 0.0810. The molecule has 1 aliphatic heterocycles. The van der Waals surface area contributed by atoms with Crippen LogP contribution in [0.3, 0.4) is 0 Å². The van der Waals surface area contributed by atoms with E-state index in [1.54, 1.807) is 4.90 Å². The molecule has 5 nitrogen and oxygen atoms in total. The molecule has 1 amide bonds. The molecule has 1 aliphatic rings. The Bertz CT molecular complexity index is 1050. The summed E-state index contributed by atoms with van der Waals surface area (Å²) in [5.41, 5.74) is 10.7. The molecule has 2 N–H and O–H groups in total. The maximum Gasteiger partial charge on any atom is 0.329 e. The predicted molar refractivity (Wildman–Crippen MR) is 129 cm³/mol. The van der Waals surface area contributed by atoms with Crippen LogP contribution in [-0.4, -0.2) is 35.4 Å². The molecular weight excluding hydrogens is 412 g/mol. The Kier molecular flexibility index (Phi) is 7.53. The summed E-state index contributed by atoms with van der Waals surface area (Å²) in [4.78, 5) is 27.2. The van der Waals surface area contributed by atoms with Crippen LogP contribution in [-0.2, 0) is 27.4 Å². The molecule has 3 aromatic carbocycles. The van der Waals surface area contributed by atoms with Crippen molar-refractivity contribution in [3.63, 3.8) is 0 Å². The van der Waals surface area contributed by atoms with E-state index < -0.39 is 6.04 Å². The third-order valence-corrected chi connectivity index (χ3v) is 6.06. The number of nitrogens with two attached hydrogens (primary N) is 1. The van der Waals surface area contributed by atoms with Gasteiger partial charge < -0.3 is 15.4 Å². The molecule has 1 fully saturated rings. The van der Waals surface area contributed by atoms with Crippen molar-refractivity contribution in [2.24, 2.45) is 5.73 Å². The SMILES string of the molecule is N[C@H](CC(=O)N1CCC[C@H]1C(=O)OCc1ccccc1)Cc1ccc(-c2ccccc2)cc1. The second-order valence-electron chi connectivity index (χ2n) is 8.57. The Hall–Kier alpha value is -3.44. The van der Waals surface area contributed by atoms with Crippen molar-refractivity contribution in [3.8, 4) is 11.1 Å². The third kappa shape index (κ3) is 6.08. The quantitative estimate of drug-likeness (QED) is 0.527. The third-order valence-electron chi connectivity index (χ3n) is 6.06. The molecule has 4 rings (SSSR count). The number of hydrogen-bond donors (Lipinski definition) is 1. The van der Waals surface area contributed by atoms with Crippen molar-refractivity contribution in [3.05, 3.63) is 96.1 Å². The van der Waals surface area contributed by atoms with Crippen molar-refractivity contribution in [2.75, 3.05) is 6.54 Å². The molecule has 0 aromatic heterocycles. The van der Waals surface area contributed by atoms with Gasteiger partial charge in [0.05, 0.1) is 0 Å². The molecule has 0 spiro atoms. The average molecular weight is 443 g/mol. The molecule has 5 heteroatoms. The lowest BCUT2D eigenvalue weighted by molar-refractivity contribution is -0.154. The first kappa shape index (κ1) is 22.7. The van der Waals surface area contributed by atoms with Gasteiger partial charge in [-0.3, -0.25) is 4.79 Å². The Balaban J connectivity index is 1.29. The van der Waals surface area contributed by atoms with Gasteiger partial charge in [-0.2, -0.15) is 0 Å². The van der Waals surface area contributed by atoms with E-state index in [0.29, 0.717) is 19.4 Å². The van der Waals surface area contributed by atoms with Crippen molar-refractivity contribution < 1.29 is 14.3 Å². The maximum atomic E-state index is 12.9. The van der Waals surface area contributed by atoms with E-state index in [-0.39, 0.29) is 30.9 Å². The number of carbonyl (C=O) groups is 2. The first-order valence-electron chi connectivity index (χ1n) is 11.5. The zero-order valence-electron chi connectivity index (χ0n) is 18.7. The summed E-state index contributed by atoms with van der Waals surface area (Å²) in [6, 6.07) is 27.2. The minimum Gasteiger partial charge on any atom is -0.459 e. The molecule has 1 saturated heterocycles. The van der Waals surface area contributed by atoms with E-state index in [1.165, 1.54) is 5.56 Å². The van der Waals surface area contributed by atoms with Gasteiger partial charge in [0.1, 0.15) is 12.6 Å². The van der Waals surface area contributed by atoms with Crippen LogP contribution in [0.1, 0.15) is 30.4 Å². The smallest absolute Gasteiger partial charge is 0.329 e. The van der Waals surface area contributed by atoms with Crippen LogP contribution in [0.25, 0.3) is 11.1 Å². The molecule has 0 bridgehead atoms. The summed E-state index contributed by atoms with van der Waals surface area (Å²) in [5, 5.41) is 0. The molecule has 0 aliphatic carbocycles. The standard InChI is InChI=1S/C28H30N2O3/c29-25(18-21-13-15-24(16-14-21)23-10-5-2-6-11-23)19-27(31)30-17-7-12-26(30)28(32)33-20-22-8-3-1-4-9-22/h1-6,8-11,13-16,25-26H,7,12,17-20,29H2/t25-,26-/m0/s1. The van der Waals surface area contributed by atoms with Crippen LogP contribution in [0.5, 0.6) is 0 Å². The van der Waals surface area contributed by atoms with E-state index >= 15 is 0 Å². The molecule has 0 unspecified atom stereocenters. The van der Waals surface area contributed by atoms with Crippen LogP contribution in [0.2, 0.25) is 0 Å². The first-order chi connectivity index (χ1) is 16.1. The van der Waals surface area contributed by atoms with Crippen LogP contribution in [0.15, 0.2) is 84.9 Å². The molecule has 170 valence electrons. The van der Waals surface area contributed by atoms with Gasteiger partial charge in [-0.1, -0.05) is 84.9 Å². The van der Waals surface area contributed by atoms with E-state index in [0.717, 1.165) is 23.1 Å². The lowest BCUT2D eigenvalue weighted by Gasteiger charge is -2.24. The summed E-state index contributed by atoms with van der Waals surface area (Å²) in [7, 11) is 0. The number of ether oxygens (including phenoxy) is 1. The van der Waals surface area contributed by atoms with Crippen molar-refractivity contribution in [1.29, 1.82) is 0 Å². The zero-order chi connectivity index (χ0) is 23.0. The highest BCUT2D eigenvalue weighted by molar-refractivity contribution is 5.85. The molecule has 0 saturated carbocycles. The summed E-state index contributed by atoms with van der Waals surface area (Å²) >= 11 is 0. The molecule has 33 heavy (non-hydrogen) atoms. The lowest BCUT2D eigenvalue weighted by atomic mass is 9.99. The Morgan fingerprint density at radius 3 is 2.21 bits per heavy atom. The van der Waals surface area contributed by atoms with E-state index in [9.17, 15) is 9.59 Å². The molecular formula is C28H30N2O3. The fourth-order valence-corrected chi connectivity index (χ4v) is 4.32. The Labute approximate surface area is 195 Å². The average Bonchev–Trinajstić information content (AvgIpc) is 3.35. The highest BCUT2D eigenvalue weighted by atomic mass is 16.5. The minimum atomic E-state index is -0.515. The molecule has 2 atom stereocenters. The molecule has 0 radical (unpaired) electrons. The van der Waals surface area contributed by atoms with Crippen LogP contribution in [0.4, 0.5) is 0 Å². The van der Waals surface area contributed by atoms with Crippen LogP contribution < -0.4 is 5.73 Å². The van der Waals surface area contributed by atoms with E-state index in [4.69, 9.17) is 10.5 Å². The van der Waals surface area contributed by atoms with Gasteiger partial charge in [-0.05, 0) is 41.5 Å². The molecule has 3 aromatic rings. The van der Waals surface area contributed by atoms with Crippen molar-refractivity contribution >= 4 is 11.9 Å². The fourth-order valence-electron chi connectivity index (χ4n) is 4.32. The number of hydrogen-bond acceptors (Lipinski definition) is 4. The number of benzene rings is 3. The monoisotopic (exact) mass is 442 g/mol. The normalized spacial score (nSPS) is 16.4. The zero-order valence-corrected chi connectivity index (χ0v) is 18.7. The van der Waals surface area contributed by atoms with Crippen LogP contribution in [0, 0.1) is 0 Å². The number of esters is 1. The fraction of sp³-hybridized carbons (Fsp3) is 0.286. The van der Waals surface area contributed by atoms with Gasteiger partial charge in [-0.15, -0.1) is 0 Å². The largest absolute Gasteiger partial charge is 0.459 e. The summed E-state index contributed by atoms with van der Waals surface area (Å²) in [6.45, 7) is 0.791. The number of nitrogens with zero attached hydrogens (tertiary/aromatic N) is 1. The Morgan fingerprint density at radius 2 is 1.52 bits per heavy atom. The second-order valence-corrected chi connectivity index (χ2v) is 8.57. The lowest BCUT2D eigenvalue weighted by Crippen LogP contribution is -2.43. The van der Waals surface area contributed by atoms with Gasteiger partial charge in [0.25, 0.3) is 0 Å². The number of carbonyl (C=O) groups excluding carboxylic acids is 2.